The fourth-order valence-electron chi connectivity index (χ4n) is 3.23. The molecule has 1 N–H and O–H groups in total. The molecule has 0 radical (unpaired) electrons. The van der Waals surface area contributed by atoms with Crippen LogP contribution in [-0.4, -0.2) is 64.5 Å². The number of imidazole rings is 1. The fourth-order valence-corrected chi connectivity index (χ4v) is 3.23. The smallest absolute Gasteiger partial charge is 0.238 e. The standard InChI is InChI=1S/C19H26FN5O/c1-2-18-21-7-8-25(18)14-13-23-9-11-24(12-10-23)15-19(26)22-17-6-4-3-5-16(17)20/h3-8H,2,9-15H2,1H3,(H,22,26). The third kappa shape index (κ3) is 4.89. The Labute approximate surface area is 153 Å². The van der Waals surface area contributed by atoms with Gasteiger partial charge < -0.3 is 9.88 Å². The van der Waals surface area contributed by atoms with E-state index in [0.29, 0.717) is 6.54 Å². The summed E-state index contributed by atoms with van der Waals surface area (Å²) >= 11 is 0. The number of anilines is 1. The van der Waals surface area contributed by atoms with Crippen LogP contribution in [0.25, 0.3) is 0 Å². The summed E-state index contributed by atoms with van der Waals surface area (Å²) in [6, 6.07) is 6.24. The van der Waals surface area contributed by atoms with E-state index >= 15 is 0 Å². The molecule has 0 bridgehead atoms. The maximum absolute atomic E-state index is 13.6. The van der Waals surface area contributed by atoms with E-state index in [1.807, 2.05) is 12.4 Å². The molecule has 3 rings (SSSR count). The van der Waals surface area contributed by atoms with Crippen molar-refractivity contribution in [3.63, 3.8) is 0 Å². The molecule has 6 nitrogen and oxygen atoms in total. The van der Waals surface area contributed by atoms with E-state index in [1.54, 1.807) is 18.2 Å². The summed E-state index contributed by atoms with van der Waals surface area (Å²) in [5, 5.41) is 2.65. The Morgan fingerprint density at radius 2 is 1.88 bits per heavy atom. The van der Waals surface area contributed by atoms with E-state index in [-0.39, 0.29) is 11.6 Å². The normalized spacial score (nSPS) is 15.9. The van der Waals surface area contributed by atoms with Crippen molar-refractivity contribution in [1.29, 1.82) is 0 Å². The number of halogens is 1. The summed E-state index contributed by atoms with van der Waals surface area (Å²) in [6.07, 6.45) is 4.82. The number of carbonyl (C=O) groups is 1. The number of piperazine rings is 1. The second-order valence-corrected chi connectivity index (χ2v) is 6.54. The number of nitrogens with zero attached hydrogens (tertiary/aromatic N) is 4. The molecular formula is C19H26FN5O. The molecule has 0 spiro atoms. The van der Waals surface area contributed by atoms with Gasteiger partial charge in [0.1, 0.15) is 11.6 Å². The molecule has 140 valence electrons. The first-order valence-electron chi connectivity index (χ1n) is 9.15. The molecule has 2 heterocycles. The van der Waals surface area contributed by atoms with Crippen molar-refractivity contribution in [2.24, 2.45) is 0 Å². The van der Waals surface area contributed by atoms with Crippen molar-refractivity contribution in [3.8, 4) is 0 Å². The molecule has 1 aromatic heterocycles. The lowest BCUT2D eigenvalue weighted by atomic mass is 10.3. The maximum Gasteiger partial charge on any atom is 0.238 e. The van der Waals surface area contributed by atoms with Crippen LogP contribution in [0.5, 0.6) is 0 Å². The molecular weight excluding hydrogens is 333 g/mol. The van der Waals surface area contributed by atoms with Gasteiger partial charge in [0.25, 0.3) is 0 Å². The van der Waals surface area contributed by atoms with Gasteiger partial charge in [0, 0.05) is 58.1 Å². The van der Waals surface area contributed by atoms with Crippen LogP contribution >= 0.6 is 0 Å². The Kier molecular flexibility index (Phi) is 6.35. The first-order chi connectivity index (χ1) is 12.7. The van der Waals surface area contributed by atoms with Gasteiger partial charge in [0.2, 0.25) is 5.91 Å². The summed E-state index contributed by atoms with van der Waals surface area (Å²) in [4.78, 5) is 21.0. The molecule has 0 saturated carbocycles. The Hall–Kier alpha value is -2.25. The van der Waals surface area contributed by atoms with Crippen LogP contribution < -0.4 is 5.32 Å². The van der Waals surface area contributed by atoms with E-state index in [2.05, 4.69) is 31.6 Å². The molecule has 1 saturated heterocycles. The van der Waals surface area contributed by atoms with Crippen molar-refractivity contribution in [2.45, 2.75) is 19.9 Å². The van der Waals surface area contributed by atoms with Gasteiger partial charge >= 0.3 is 0 Å². The van der Waals surface area contributed by atoms with Gasteiger partial charge in [0.15, 0.2) is 0 Å². The van der Waals surface area contributed by atoms with Crippen molar-refractivity contribution in [3.05, 3.63) is 48.3 Å². The number of aromatic nitrogens is 2. The average molecular weight is 359 g/mol. The summed E-state index contributed by atoms with van der Waals surface area (Å²) in [6.45, 7) is 7.89. The SMILES string of the molecule is CCc1nccn1CCN1CCN(CC(=O)Nc2ccccc2F)CC1. The van der Waals surface area contributed by atoms with Crippen LogP contribution in [0, 0.1) is 5.82 Å². The lowest BCUT2D eigenvalue weighted by Gasteiger charge is -2.34. The van der Waals surface area contributed by atoms with Crippen LogP contribution in [0.2, 0.25) is 0 Å². The largest absolute Gasteiger partial charge is 0.334 e. The van der Waals surface area contributed by atoms with E-state index in [9.17, 15) is 9.18 Å². The number of hydrogen-bond donors (Lipinski definition) is 1. The van der Waals surface area contributed by atoms with Crippen molar-refractivity contribution >= 4 is 11.6 Å². The topological polar surface area (TPSA) is 53.4 Å². The zero-order valence-electron chi connectivity index (χ0n) is 15.2. The van der Waals surface area contributed by atoms with Crippen molar-refractivity contribution in [2.75, 3.05) is 44.6 Å². The minimum absolute atomic E-state index is 0.172. The fraction of sp³-hybridized carbons (Fsp3) is 0.474. The molecule has 1 aliphatic heterocycles. The first-order valence-corrected chi connectivity index (χ1v) is 9.15. The average Bonchev–Trinajstić information content (AvgIpc) is 3.11. The molecule has 0 unspecified atom stereocenters. The summed E-state index contributed by atoms with van der Waals surface area (Å²) in [7, 11) is 0. The number of amides is 1. The van der Waals surface area contributed by atoms with E-state index in [4.69, 9.17) is 0 Å². The quantitative estimate of drug-likeness (QED) is 0.820. The van der Waals surface area contributed by atoms with E-state index < -0.39 is 5.82 Å². The third-order valence-electron chi connectivity index (χ3n) is 4.76. The van der Waals surface area contributed by atoms with Crippen LogP contribution in [0.4, 0.5) is 10.1 Å². The van der Waals surface area contributed by atoms with E-state index in [1.165, 1.54) is 6.07 Å². The lowest BCUT2D eigenvalue weighted by molar-refractivity contribution is -0.117. The molecule has 1 aliphatic rings. The van der Waals surface area contributed by atoms with E-state index in [0.717, 1.165) is 51.5 Å². The molecule has 2 aromatic rings. The number of nitrogens with one attached hydrogen (secondary N) is 1. The zero-order chi connectivity index (χ0) is 18.4. The number of rotatable bonds is 7. The highest BCUT2D eigenvalue weighted by Gasteiger charge is 2.19. The monoisotopic (exact) mass is 359 g/mol. The summed E-state index contributed by atoms with van der Waals surface area (Å²) in [5.41, 5.74) is 0.239. The van der Waals surface area contributed by atoms with Gasteiger partial charge in [0.05, 0.1) is 12.2 Å². The number of hydrogen-bond acceptors (Lipinski definition) is 4. The molecule has 0 atom stereocenters. The highest BCUT2D eigenvalue weighted by Crippen LogP contribution is 2.12. The molecule has 0 aliphatic carbocycles. The highest BCUT2D eigenvalue weighted by molar-refractivity contribution is 5.92. The van der Waals surface area contributed by atoms with Crippen molar-refractivity contribution < 1.29 is 9.18 Å². The number of carbonyl (C=O) groups excluding carboxylic acids is 1. The molecule has 1 aromatic carbocycles. The van der Waals surface area contributed by atoms with Crippen LogP contribution in [0.1, 0.15) is 12.7 Å². The predicted octanol–water partition coefficient (Wildman–Crippen LogP) is 1.84. The lowest BCUT2D eigenvalue weighted by Crippen LogP contribution is -2.49. The Bertz CT molecular complexity index is 724. The van der Waals surface area contributed by atoms with Gasteiger partial charge in [-0.05, 0) is 12.1 Å². The van der Waals surface area contributed by atoms with Gasteiger partial charge in [-0.25, -0.2) is 9.37 Å². The minimum atomic E-state index is -0.406. The van der Waals surface area contributed by atoms with Crippen LogP contribution in [0.15, 0.2) is 36.7 Å². The Morgan fingerprint density at radius 1 is 1.15 bits per heavy atom. The van der Waals surface area contributed by atoms with Gasteiger partial charge in [-0.3, -0.25) is 14.6 Å². The number of para-hydroxylation sites is 1. The number of benzene rings is 1. The highest BCUT2D eigenvalue weighted by atomic mass is 19.1. The molecule has 1 fully saturated rings. The molecule has 26 heavy (non-hydrogen) atoms. The van der Waals surface area contributed by atoms with Crippen LogP contribution in [0.3, 0.4) is 0 Å². The van der Waals surface area contributed by atoms with Gasteiger partial charge in [-0.15, -0.1) is 0 Å². The van der Waals surface area contributed by atoms with Gasteiger partial charge in [-0.2, -0.15) is 0 Å². The Morgan fingerprint density at radius 3 is 2.62 bits per heavy atom. The minimum Gasteiger partial charge on any atom is -0.334 e. The Balaban J connectivity index is 1.39. The summed E-state index contributed by atoms with van der Waals surface area (Å²) in [5.74, 6) is 0.541. The molecule has 1 amide bonds. The zero-order valence-corrected chi connectivity index (χ0v) is 15.2. The third-order valence-corrected chi connectivity index (χ3v) is 4.76. The van der Waals surface area contributed by atoms with Crippen LogP contribution in [-0.2, 0) is 17.8 Å². The number of aryl methyl sites for hydroxylation is 1. The predicted molar refractivity (Wildman–Crippen MR) is 99.5 cm³/mol. The van der Waals surface area contributed by atoms with Crippen molar-refractivity contribution in [1.82, 2.24) is 19.4 Å². The maximum atomic E-state index is 13.6. The molecule has 7 heteroatoms. The first kappa shape index (κ1) is 18.5. The second-order valence-electron chi connectivity index (χ2n) is 6.54. The van der Waals surface area contributed by atoms with Gasteiger partial charge in [-0.1, -0.05) is 19.1 Å². The summed E-state index contributed by atoms with van der Waals surface area (Å²) < 4.78 is 15.8. The second kappa shape index (κ2) is 8.91.